The molecule has 1 heterocycles. The standard InChI is InChI=1S/C9H12N2O2/c1-4-13-9-8(6(2)12)5-10-7(3)11-9/h5H,4H2,1-3H3. The lowest BCUT2D eigenvalue weighted by Crippen LogP contribution is -2.05. The summed E-state index contributed by atoms with van der Waals surface area (Å²) in [5.74, 6) is 0.902. The first kappa shape index (κ1) is 9.64. The van der Waals surface area contributed by atoms with Gasteiger partial charge in [-0.15, -0.1) is 0 Å². The van der Waals surface area contributed by atoms with E-state index in [0.717, 1.165) is 0 Å². The van der Waals surface area contributed by atoms with Crippen LogP contribution in [0.1, 0.15) is 30.0 Å². The SMILES string of the molecule is CCOc1nc(C)ncc1C(C)=O. The van der Waals surface area contributed by atoms with Gasteiger partial charge < -0.3 is 4.74 Å². The van der Waals surface area contributed by atoms with Crippen LogP contribution < -0.4 is 4.74 Å². The third kappa shape index (κ3) is 2.24. The topological polar surface area (TPSA) is 52.1 Å². The van der Waals surface area contributed by atoms with E-state index >= 15 is 0 Å². The molecule has 4 heteroatoms. The highest BCUT2D eigenvalue weighted by atomic mass is 16.5. The van der Waals surface area contributed by atoms with Gasteiger partial charge in [-0.1, -0.05) is 0 Å². The molecule has 0 saturated carbocycles. The van der Waals surface area contributed by atoms with Crippen LogP contribution in [0, 0.1) is 6.92 Å². The number of rotatable bonds is 3. The second-order valence-electron chi connectivity index (χ2n) is 2.63. The normalized spacial score (nSPS) is 9.77. The number of carbonyl (C=O) groups is 1. The van der Waals surface area contributed by atoms with Crippen molar-refractivity contribution in [3.8, 4) is 5.88 Å². The van der Waals surface area contributed by atoms with Crippen LogP contribution in [0.3, 0.4) is 0 Å². The first-order chi connectivity index (χ1) is 6.15. The van der Waals surface area contributed by atoms with E-state index in [9.17, 15) is 4.79 Å². The number of nitrogens with zero attached hydrogens (tertiary/aromatic N) is 2. The number of ether oxygens (including phenoxy) is 1. The number of ketones is 1. The van der Waals surface area contributed by atoms with Crippen molar-refractivity contribution < 1.29 is 9.53 Å². The van der Waals surface area contributed by atoms with Crippen molar-refractivity contribution in [2.75, 3.05) is 6.61 Å². The Morgan fingerprint density at radius 1 is 1.62 bits per heavy atom. The average Bonchev–Trinajstić information content (AvgIpc) is 2.04. The lowest BCUT2D eigenvalue weighted by molar-refractivity contribution is 0.101. The van der Waals surface area contributed by atoms with Crippen molar-refractivity contribution >= 4 is 5.78 Å². The minimum atomic E-state index is -0.0801. The maximum Gasteiger partial charge on any atom is 0.227 e. The number of Topliss-reactive ketones (excluding diaryl/α,β-unsaturated/α-hetero) is 1. The van der Waals surface area contributed by atoms with Crippen molar-refractivity contribution in [2.24, 2.45) is 0 Å². The molecule has 1 aromatic rings. The van der Waals surface area contributed by atoms with E-state index in [1.54, 1.807) is 6.92 Å². The largest absolute Gasteiger partial charge is 0.477 e. The van der Waals surface area contributed by atoms with Gasteiger partial charge in [-0.05, 0) is 20.8 Å². The molecule has 13 heavy (non-hydrogen) atoms. The van der Waals surface area contributed by atoms with Gasteiger partial charge in [-0.25, -0.2) is 4.98 Å². The van der Waals surface area contributed by atoms with Crippen LogP contribution in [0.4, 0.5) is 0 Å². The van der Waals surface area contributed by atoms with E-state index in [1.807, 2.05) is 6.92 Å². The molecule has 0 bridgehead atoms. The lowest BCUT2D eigenvalue weighted by Gasteiger charge is -2.05. The second-order valence-corrected chi connectivity index (χ2v) is 2.63. The highest BCUT2D eigenvalue weighted by molar-refractivity contribution is 5.95. The summed E-state index contributed by atoms with van der Waals surface area (Å²) in [6.45, 7) is 5.57. The first-order valence-corrected chi connectivity index (χ1v) is 4.12. The van der Waals surface area contributed by atoms with E-state index in [0.29, 0.717) is 23.9 Å². The zero-order valence-corrected chi connectivity index (χ0v) is 8.00. The summed E-state index contributed by atoms with van der Waals surface area (Å²) in [7, 11) is 0. The molecule has 0 fully saturated rings. The second kappa shape index (κ2) is 3.98. The molecule has 0 aromatic carbocycles. The molecule has 0 aliphatic rings. The summed E-state index contributed by atoms with van der Waals surface area (Å²) >= 11 is 0. The molecule has 0 amide bonds. The Balaban J connectivity index is 3.10. The maximum atomic E-state index is 11.1. The third-order valence-corrected chi connectivity index (χ3v) is 1.53. The summed E-state index contributed by atoms with van der Waals surface area (Å²) in [4.78, 5) is 19.1. The zero-order valence-electron chi connectivity index (χ0n) is 8.00. The fourth-order valence-corrected chi connectivity index (χ4v) is 0.937. The van der Waals surface area contributed by atoms with Crippen molar-refractivity contribution in [3.05, 3.63) is 17.6 Å². The van der Waals surface area contributed by atoms with E-state index in [4.69, 9.17) is 4.74 Å². The predicted octanol–water partition coefficient (Wildman–Crippen LogP) is 1.39. The maximum absolute atomic E-state index is 11.1. The van der Waals surface area contributed by atoms with Crippen molar-refractivity contribution in [1.82, 2.24) is 9.97 Å². The van der Waals surface area contributed by atoms with E-state index < -0.39 is 0 Å². The van der Waals surface area contributed by atoms with Crippen molar-refractivity contribution in [3.63, 3.8) is 0 Å². The van der Waals surface area contributed by atoms with Gasteiger partial charge in [0.2, 0.25) is 5.88 Å². The van der Waals surface area contributed by atoms with Gasteiger partial charge in [-0.2, -0.15) is 4.98 Å². The summed E-state index contributed by atoms with van der Waals surface area (Å²) < 4.78 is 5.21. The minimum Gasteiger partial charge on any atom is -0.477 e. The fourth-order valence-electron chi connectivity index (χ4n) is 0.937. The monoisotopic (exact) mass is 180 g/mol. The molecule has 70 valence electrons. The van der Waals surface area contributed by atoms with Gasteiger partial charge >= 0.3 is 0 Å². The molecule has 0 unspecified atom stereocenters. The molecule has 0 radical (unpaired) electrons. The van der Waals surface area contributed by atoms with Crippen LogP contribution in [0.2, 0.25) is 0 Å². The fraction of sp³-hybridized carbons (Fsp3) is 0.444. The molecule has 0 spiro atoms. The van der Waals surface area contributed by atoms with Gasteiger partial charge in [-0.3, -0.25) is 4.79 Å². The van der Waals surface area contributed by atoms with Crippen molar-refractivity contribution in [2.45, 2.75) is 20.8 Å². The predicted molar refractivity (Wildman–Crippen MR) is 47.9 cm³/mol. The van der Waals surface area contributed by atoms with Crippen LogP contribution in [-0.2, 0) is 0 Å². The van der Waals surface area contributed by atoms with Gasteiger partial charge in [0.15, 0.2) is 5.78 Å². The Morgan fingerprint density at radius 3 is 2.85 bits per heavy atom. The Hall–Kier alpha value is -1.45. The van der Waals surface area contributed by atoms with Gasteiger partial charge in [0.05, 0.1) is 12.2 Å². The highest BCUT2D eigenvalue weighted by Crippen LogP contribution is 2.14. The third-order valence-electron chi connectivity index (χ3n) is 1.53. The smallest absolute Gasteiger partial charge is 0.227 e. The summed E-state index contributed by atoms with van der Waals surface area (Å²) in [5, 5.41) is 0. The minimum absolute atomic E-state index is 0.0801. The van der Waals surface area contributed by atoms with Gasteiger partial charge in [0.1, 0.15) is 5.82 Å². The van der Waals surface area contributed by atoms with E-state index in [1.165, 1.54) is 13.1 Å². The van der Waals surface area contributed by atoms with Crippen LogP contribution in [0.5, 0.6) is 5.88 Å². The number of carbonyl (C=O) groups excluding carboxylic acids is 1. The molecule has 4 nitrogen and oxygen atoms in total. The number of hydrogen-bond donors (Lipinski definition) is 0. The molecular weight excluding hydrogens is 168 g/mol. The number of aryl methyl sites for hydroxylation is 1. The van der Waals surface area contributed by atoms with Crippen LogP contribution >= 0.6 is 0 Å². The molecule has 1 rings (SSSR count). The molecule has 0 atom stereocenters. The Morgan fingerprint density at radius 2 is 2.31 bits per heavy atom. The summed E-state index contributed by atoms with van der Waals surface area (Å²) in [5.41, 5.74) is 0.437. The molecule has 0 N–H and O–H groups in total. The summed E-state index contributed by atoms with van der Waals surface area (Å²) in [6.07, 6.45) is 1.50. The Kier molecular flexibility index (Phi) is 2.95. The average molecular weight is 180 g/mol. The molecule has 0 saturated heterocycles. The van der Waals surface area contributed by atoms with Crippen LogP contribution in [0.15, 0.2) is 6.20 Å². The van der Waals surface area contributed by atoms with Crippen LogP contribution in [-0.4, -0.2) is 22.4 Å². The quantitative estimate of drug-likeness (QED) is 0.659. The number of hydrogen-bond acceptors (Lipinski definition) is 4. The van der Waals surface area contributed by atoms with E-state index in [2.05, 4.69) is 9.97 Å². The molecule has 0 aliphatic heterocycles. The first-order valence-electron chi connectivity index (χ1n) is 4.12. The molecule has 0 aliphatic carbocycles. The zero-order chi connectivity index (χ0) is 9.84. The number of aromatic nitrogens is 2. The lowest BCUT2D eigenvalue weighted by atomic mass is 10.2. The van der Waals surface area contributed by atoms with E-state index in [-0.39, 0.29) is 5.78 Å². The molecule has 1 aromatic heterocycles. The Bertz CT molecular complexity index is 323. The highest BCUT2D eigenvalue weighted by Gasteiger charge is 2.10. The van der Waals surface area contributed by atoms with Gasteiger partial charge in [0.25, 0.3) is 0 Å². The molecular formula is C9H12N2O2. The van der Waals surface area contributed by atoms with Crippen molar-refractivity contribution in [1.29, 1.82) is 0 Å². The Labute approximate surface area is 77.0 Å². The van der Waals surface area contributed by atoms with Crippen LogP contribution in [0.25, 0.3) is 0 Å². The van der Waals surface area contributed by atoms with Gasteiger partial charge in [0, 0.05) is 6.20 Å². The summed E-state index contributed by atoms with van der Waals surface area (Å²) in [6, 6.07) is 0.